The Kier molecular flexibility index (Phi) is 6.83. The number of unbranched alkanes of at least 4 members (excludes halogenated alkanes) is 2. The van der Waals surface area contributed by atoms with E-state index in [1.165, 1.54) is 0 Å². The fourth-order valence-electron chi connectivity index (χ4n) is 3.65. The molecule has 1 aromatic carbocycles. The molecule has 0 radical (unpaired) electrons. The van der Waals surface area contributed by atoms with Crippen LogP contribution >= 0.6 is 0 Å². The Hall–Kier alpha value is -2.22. The van der Waals surface area contributed by atoms with Crippen LogP contribution in [0.25, 0.3) is 21.9 Å². The SMILES string of the molecule is CCCCc1nc2c(N)nc3ccccc3c2n1CCCCN(C)C(O)NC. The Bertz CT molecular complexity index is 922. The van der Waals surface area contributed by atoms with E-state index in [-0.39, 0.29) is 0 Å². The molecule has 0 spiro atoms. The van der Waals surface area contributed by atoms with Crippen LogP contribution in [-0.4, -0.2) is 51.5 Å². The van der Waals surface area contributed by atoms with Crippen molar-refractivity contribution in [2.45, 2.75) is 51.9 Å². The molecule has 2 aromatic heterocycles. The van der Waals surface area contributed by atoms with E-state index in [2.05, 4.69) is 27.9 Å². The van der Waals surface area contributed by atoms with Crippen LogP contribution in [0.4, 0.5) is 5.82 Å². The second-order valence-electron chi connectivity index (χ2n) is 7.34. The minimum absolute atomic E-state index is 0.502. The topological polar surface area (TPSA) is 92.2 Å². The molecule has 0 saturated carbocycles. The molecule has 1 unspecified atom stereocenters. The second-order valence-corrected chi connectivity index (χ2v) is 7.34. The molecule has 0 fully saturated rings. The Labute approximate surface area is 166 Å². The summed E-state index contributed by atoms with van der Waals surface area (Å²) < 4.78 is 2.33. The number of nitrogen functional groups attached to an aromatic ring is 1. The van der Waals surface area contributed by atoms with Gasteiger partial charge in [0.2, 0.25) is 0 Å². The van der Waals surface area contributed by atoms with Crippen molar-refractivity contribution in [3.05, 3.63) is 30.1 Å². The number of hydrogen-bond acceptors (Lipinski definition) is 6. The van der Waals surface area contributed by atoms with Gasteiger partial charge in [0.1, 0.15) is 11.3 Å². The third kappa shape index (κ3) is 4.27. The second kappa shape index (κ2) is 9.32. The first-order valence-corrected chi connectivity index (χ1v) is 10.2. The number of hydrogen-bond donors (Lipinski definition) is 3. The predicted octanol–water partition coefficient (Wildman–Crippen LogP) is 2.72. The van der Waals surface area contributed by atoms with Crippen molar-refractivity contribution in [1.29, 1.82) is 0 Å². The maximum Gasteiger partial charge on any atom is 0.162 e. The maximum atomic E-state index is 9.82. The number of anilines is 1. The number of aromatic nitrogens is 3. The molecular formula is C21H32N6O. The zero-order valence-electron chi connectivity index (χ0n) is 17.1. The van der Waals surface area contributed by atoms with E-state index in [9.17, 15) is 5.11 Å². The van der Waals surface area contributed by atoms with E-state index in [0.717, 1.165) is 73.0 Å². The first-order valence-electron chi connectivity index (χ1n) is 10.2. The monoisotopic (exact) mass is 384 g/mol. The van der Waals surface area contributed by atoms with E-state index >= 15 is 0 Å². The fraction of sp³-hybridized carbons (Fsp3) is 0.524. The van der Waals surface area contributed by atoms with Crippen molar-refractivity contribution in [1.82, 2.24) is 24.8 Å². The molecule has 0 aliphatic rings. The lowest BCUT2D eigenvalue weighted by Gasteiger charge is -2.22. The van der Waals surface area contributed by atoms with Crippen LogP contribution in [0.5, 0.6) is 0 Å². The van der Waals surface area contributed by atoms with E-state index in [0.29, 0.717) is 5.82 Å². The van der Waals surface area contributed by atoms with Crippen molar-refractivity contribution in [3.63, 3.8) is 0 Å². The van der Waals surface area contributed by atoms with E-state index in [4.69, 9.17) is 10.7 Å². The normalized spacial score (nSPS) is 13.0. The summed E-state index contributed by atoms with van der Waals surface area (Å²) in [6.07, 6.45) is 4.56. The Morgan fingerprint density at radius 3 is 2.75 bits per heavy atom. The number of aryl methyl sites for hydroxylation is 2. The first-order chi connectivity index (χ1) is 13.6. The number of fused-ring (bicyclic) bond motifs is 3. The number of imidazole rings is 1. The number of pyridine rings is 1. The lowest BCUT2D eigenvalue weighted by molar-refractivity contribution is -0.000108. The Morgan fingerprint density at radius 1 is 1.21 bits per heavy atom. The number of rotatable bonds is 10. The average molecular weight is 385 g/mol. The summed E-state index contributed by atoms with van der Waals surface area (Å²) in [4.78, 5) is 11.3. The highest BCUT2D eigenvalue weighted by atomic mass is 16.3. The largest absolute Gasteiger partial charge is 0.382 e. The Balaban J connectivity index is 1.90. The van der Waals surface area contributed by atoms with Crippen molar-refractivity contribution >= 4 is 27.8 Å². The van der Waals surface area contributed by atoms with E-state index < -0.39 is 6.35 Å². The van der Waals surface area contributed by atoms with Gasteiger partial charge in [-0.05, 0) is 39.4 Å². The number of aliphatic hydroxyl groups excluding tert-OH is 1. The molecule has 0 bridgehead atoms. The van der Waals surface area contributed by atoms with Crippen LogP contribution in [-0.2, 0) is 13.0 Å². The predicted molar refractivity (Wildman–Crippen MR) is 115 cm³/mol. The van der Waals surface area contributed by atoms with Gasteiger partial charge in [-0.1, -0.05) is 31.5 Å². The summed E-state index contributed by atoms with van der Waals surface area (Å²) in [6, 6.07) is 8.13. The van der Waals surface area contributed by atoms with Crippen molar-refractivity contribution in [3.8, 4) is 0 Å². The molecule has 7 heteroatoms. The van der Waals surface area contributed by atoms with Crippen molar-refractivity contribution in [2.24, 2.45) is 0 Å². The average Bonchev–Trinajstić information content (AvgIpc) is 3.08. The number of benzene rings is 1. The highest BCUT2D eigenvalue weighted by molar-refractivity contribution is 6.06. The summed E-state index contributed by atoms with van der Waals surface area (Å²) in [5.41, 5.74) is 9.07. The summed E-state index contributed by atoms with van der Waals surface area (Å²) in [7, 11) is 3.67. The summed E-state index contributed by atoms with van der Waals surface area (Å²) in [5.74, 6) is 1.59. The zero-order chi connectivity index (χ0) is 20.1. The minimum Gasteiger partial charge on any atom is -0.382 e. The molecule has 0 amide bonds. The summed E-state index contributed by atoms with van der Waals surface area (Å²) in [6.45, 7) is 3.90. The van der Waals surface area contributed by atoms with Gasteiger partial charge in [-0.3, -0.25) is 10.2 Å². The third-order valence-corrected chi connectivity index (χ3v) is 5.26. The van der Waals surface area contributed by atoms with Crippen LogP contribution in [0.3, 0.4) is 0 Å². The van der Waals surface area contributed by atoms with Gasteiger partial charge >= 0.3 is 0 Å². The van der Waals surface area contributed by atoms with Gasteiger partial charge in [0, 0.05) is 24.9 Å². The first kappa shape index (κ1) is 20.5. The Morgan fingerprint density at radius 2 is 2.00 bits per heavy atom. The maximum absolute atomic E-state index is 9.82. The van der Waals surface area contributed by atoms with Gasteiger partial charge in [0.25, 0.3) is 0 Å². The van der Waals surface area contributed by atoms with E-state index in [1.54, 1.807) is 7.05 Å². The summed E-state index contributed by atoms with van der Waals surface area (Å²) >= 11 is 0. The molecule has 4 N–H and O–H groups in total. The molecule has 1 atom stereocenters. The van der Waals surface area contributed by atoms with Crippen LogP contribution in [0.1, 0.15) is 38.4 Å². The number of nitrogens with zero attached hydrogens (tertiary/aromatic N) is 4. The van der Waals surface area contributed by atoms with Crippen LogP contribution < -0.4 is 11.1 Å². The molecule has 0 aliphatic heterocycles. The van der Waals surface area contributed by atoms with Crippen LogP contribution in [0.15, 0.2) is 24.3 Å². The van der Waals surface area contributed by atoms with Crippen LogP contribution in [0, 0.1) is 0 Å². The highest BCUT2D eigenvalue weighted by Gasteiger charge is 2.17. The van der Waals surface area contributed by atoms with Gasteiger partial charge in [0.15, 0.2) is 12.2 Å². The van der Waals surface area contributed by atoms with Gasteiger partial charge in [-0.15, -0.1) is 0 Å². The van der Waals surface area contributed by atoms with Gasteiger partial charge in [0.05, 0.1) is 11.0 Å². The minimum atomic E-state index is -0.607. The zero-order valence-corrected chi connectivity index (χ0v) is 17.1. The van der Waals surface area contributed by atoms with Gasteiger partial charge < -0.3 is 15.4 Å². The number of aliphatic hydroxyl groups is 1. The standard InChI is InChI=1S/C21H32N6O/c1-4-5-12-17-25-18-19(15-10-6-7-11-16(15)24-20(18)22)27(17)14-9-8-13-26(3)21(28)23-2/h6-7,10-11,21,23,28H,4-5,8-9,12-14H2,1-3H3,(H2,22,24). The molecule has 152 valence electrons. The summed E-state index contributed by atoms with van der Waals surface area (Å²) in [5, 5.41) is 13.8. The molecule has 3 rings (SSSR count). The number of nitrogens with two attached hydrogens (primary N) is 1. The molecule has 3 aromatic rings. The van der Waals surface area contributed by atoms with Gasteiger partial charge in [-0.2, -0.15) is 0 Å². The highest BCUT2D eigenvalue weighted by Crippen LogP contribution is 2.29. The molecule has 2 heterocycles. The third-order valence-electron chi connectivity index (χ3n) is 5.26. The quantitative estimate of drug-likeness (QED) is 0.368. The fourth-order valence-corrected chi connectivity index (χ4v) is 3.65. The molecule has 28 heavy (non-hydrogen) atoms. The lowest BCUT2D eigenvalue weighted by Crippen LogP contribution is -2.41. The molecule has 0 saturated heterocycles. The molecular weight excluding hydrogens is 352 g/mol. The van der Waals surface area contributed by atoms with E-state index in [1.807, 2.05) is 30.1 Å². The van der Waals surface area contributed by atoms with Crippen LogP contribution in [0.2, 0.25) is 0 Å². The molecule has 7 nitrogen and oxygen atoms in total. The van der Waals surface area contributed by atoms with Crippen molar-refractivity contribution in [2.75, 3.05) is 26.4 Å². The van der Waals surface area contributed by atoms with Crippen molar-refractivity contribution < 1.29 is 5.11 Å². The lowest BCUT2D eigenvalue weighted by atomic mass is 10.2. The van der Waals surface area contributed by atoms with Gasteiger partial charge in [-0.25, -0.2) is 9.97 Å². The number of para-hydroxylation sites is 1. The smallest absolute Gasteiger partial charge is 0.162 e. The molecule has 0 aliphatic carbocycles. The number of nitrogens with one attached hydrogen (secondary N) is 1.